The Morgan fingerprint density at radius 1 is 1.33 bits per heavy atom. The lowest BCUT2D eigenvalue weighted by molar-refractivity contribution is -0.141. The zero-order valence-electron chi connectivity index (χ0n) is 13.2. The van der Waals surface area contributed by atoms with Crippen LogP contribution in [0, 0.1) is 0 Å². The number of hydrogen-bond donors (Lipinski definition) is 0. The van der Waals surface area contributed by atoms with Crippen LogP contribution >= 0.6 is 11.6 Å². The number of carbonyl (C=O) groups excluding carboxylic acids is 2. The Labute approximate surface area is 142 Å². The molecule has 1 amide bonds. The standard InChI is InChI=1S/C16H17ClF3NO3/c1-21(9-3-4-15(23)24-2)14(22)8-6-11-5-7-13(17)12(10-11)16(18,19)20/h5-8,10H,3-4,9H2,1-2H3/b8-6+. The molecule has 0 aromatic heterocycles. The molecule has 24 heavy (non-hydrogen) atoms. The summed E-state index contributed by atoms with van der Waals surface area (Å²) in [6.07, 6.45) is -1.49. The highest BCUT2D eigenvalue weighted by molar-refractivity contribution is 6.31. The Hall–Kier alpha value is -2.02. The van der Waals surface area contributed by atoms with E-state index in [4.69, 9.17) is 11.6 Å². The summed E-state index contributed by atoms with van der Waals surface area (Å²) in [6, 6.07) is 3.40. The number of halogens is 4. The van der Waals surface area contributed by atoms with Crippen LogP contribution in [0.15, 0.2) is 24.3 Å². The molecule has 1 aromatic carbocycles. The minimum absolute atomic E-state index is 0.184. The molecule has 0 aliphatic rings. The summed E-state index contributed by atoms with van der Waals surface area (Å²) in [5.41, 5.74) is -0.742. The number of methoxy groups -OCH3 is 1. The highest BCUT2D eigenvalue weighted by Gasteiger charge is 2.33. The summed E-state index contributed by atoms with van der Waals surface area (Å²) in [5.74, 6) is -0.754. The van der Waals surface area contributed by atoms with Gasteiger partial charge in [-0.15, -0.1) is 0 Å². The van der Waals surface area contributed by atoms with Gasteiger partial charge in [0.05, 0.1) is 17.7 Å². The first-order chi connectivity index (χ1) is 11.1. The molecule has 8 heteroatoms. The van der Waals surface area contributed by atoms with Crippen molar-refractivity contribution >= 4 is 29.6 Å². The molecule has 1 rings (SSSR count). The van der Waals surface area contributed by atoms with Gasteiger partial charge in [-0.1, -0.05) is 17.7 Å². The van der Waals surface area contributed by atoms with Gasteiger partial charge in [-0.3, -0.25) is 9.59 Å². The van der Waals surface area contributed by atoms with Crippen molar-refractivity contribution in [3.63, 3.8) is 0 Å². The van der Waals surface area contributed by atoms with Crippen molar-refractivity contribution in [1.29, 1.82) is 0 Å². The highest BCUT2D eigenvalue weighted by Crippen LogP contribution is 2.35. The molecule has 0 aliphatic heterocycles. The maximum absolute atomic E-state index is 12.8. The molecule has 0 spiro atoms. The number of carbonyl (C=O) groups is 2. The first-order valence-corrected chi connectivity index (χ1v) is 7.39. The van der Waals surface area contributed by atoms with E-state index in [0.29, 0.717) is 13.0 Å². The number of amides is 1. The molecule has 0 unspecified atom stereocenters. The zero-order chi connectivity index (χ0) is 18.3. The third-order valence-corrected chi connectivity index (χ3v) is 3.52. The molecule has 0 fully saturated rings. The number of hydrogen-bond acceptors (Lipinski definition) is 3. The van der Waals surface area contributed by atoms with E-state index in [2.05, 4.69) is 4.74 Å². The van der Waals surface area contributed by atoms with Gasteiger partial charge in [0.2, 0.25) is 5.91 Å². The zero-order valence-corrected chi connectivity index (χ0v) is 13.9. The van der Waals surface area contributed by atoms with Gasteiger partial charge in [-0.2, -0.15) is 13.2 Å². The van der Waals surface area contributed by atoms with E-state index in [1.165, 1.54) is 37.3 Å². The number of rotatable bonds is 6. The van der Waals surface area contributed by atoms with E-state index < -0.39 is 16.8 Å². The van der Waals surface area contributed by atoms with Crippen molar-refractivity contribution in [2.75, 3.05) is 20.7 Å². The average molecular weight is 364 g/mol. The van der Waals surface area contributed by atoms with Crippen molar-refractivity contribution in [2.45, 2.75) is 19.0 Å². The summed E-state index contributed by atoms with van der Waals surface area (Å²) in [6.45, 7) is 0.326. The van der Waals surface area contributed by atoms with Crippen molar-refractivity contribution in [3.05, 3.63) is 40.4 Å². The van der Waals surface area contributed by atoms with Gasteiger partial charge in [0.1, 0.15) is 0 Å². The van der Waals surface area contributed by atoms with Crippen LogP contribution in [-0.4, -0.2) is 37.5 Å². The number of benzene rings is 1. The molecule has 0 N–H and O–H groups in total. The minimum Gasteiger partial charge on any atom is -0.469 e. The lowest BCUT2D eigenvalue weighted by Gasteiger charge is -2.14. The third-order valence-electron chi connectivity index (χ3n) is 3.19. The van der Waals surface area contributed by atoms with E-state index in [9.17, 15) is 22.8 Å². The average Bonchev–Trinajstić information content (AvgIpc) is 2.52. The summed E-state index contributed by atoms with van der Waals surface area (Å²) in [7, 11) is 2.81. The van der Waals surface area contributed by atoms with Crippen LogP contribution in [0.5, 0.6) is 0 Å². The lowest BCUT2D eigenvalue weighted by Crippen LogP contribution is -2.26. The Morgan fingerprint density at radius 2 is 2.00 bits per heavy atom. The van der Waals surface area contributed by atoms with Crippen LogP contribution in [0.25, 0.3) is 6.08 Å². The Morgan fingerprint density at radius 3 is 2.58 bits per heavy atom. The molecule has 0 radical (unpaired) electrons. The van der Waals surface area contributed by atoms with Gasteiger partial charge in [0, 0.05) is 26.1 Å². The van der Waals surface area contributed by atoms with E-state index in [1.807, 2.05) is 0 Å². The minimum atomic E-state index is -4.56. The topological polar surface area (TPSA) is 46.6 Å². The van der Waals surface area contributed by atoms with E-state index >= 15 is 0 Å². The second-order valence-electron chi connectivity index (χ2n) is 5.01. The first kappa shape index (κ1) is 20.0. The van der Waals surface area contributed by atoms with Crippen LogP contribution < -0.4 is 0 Å². The van der Waals surface area contributed by atoms with Crippen molar-refractivity contribution in [1.82, 2.24) is 4.90 Å². The van der Waals surface area contributed by atoms with Gasteiger partial charge >= 0.3 is 12.1 Å². The Balaban J connectivity index is 2.68. The second-order valence-corrected chi connectivity index (χ2v) is 5.42. The molecular weight excluding hydrogens is 347 g/mol. The van der Waals surface area contributed by atoms with Crippen molar-refractivity contribution < 1.29 is 27.5 Å². The van der Waals surface area contributed by atoms with Gasteiger partial charge in [0.25, 0.3) is 0 Å². The monoisotopic (exact) mass is 363 g/mol. The summed E-state index contributed by atoms with van der Waals surface area (Å²) >= 11 is 5.53. The smallest absolute Gasteiger partial charge is 0.417 e. The maximum Gasteiger partial charge on any atom is 0.417 e. The molecule has 0 atom stereocenters. The molecule has 0 heterocycles. The van der Waals surface area contributed by atoms with E-state index in [-0.39, 0.29) is 23.9 Å². The number of nitrogens with zero attached hydrogens (tertiary/aromatic N) is 1. The molecule has 1 aromatic rings. The van der Waals surface area contributed by atoms with Crippen LogP contribution in [0.1, 0.15) is 24.0 Å². The lowest BCUT2D eigenvalue weighted by atomic mass is 10.1. The Bertz CT molecular complexity index is 629. The molecular formula is C16H17ClF3NO3. The predicted octanol–water partition coefficient (Wildman–Crippen LogP) is 3.78. The third kappa shape index (κ3) is 6.23. The molecule has 0 bridgehead atoms. The maximum atomic E-state index is 12.8. The molecule has 0 saturated carbocycles. The fourth-order valence-electron chi connectivity index (χ4n) is 1.83. The van der Waals surface area contributed by atoms with Gasteiger partial charge in [-0.05, 0) is 30.2 Å². The van der Waals surface area contributed by atoms with E-state index in [1.54, 1.807) is 0 Å². The molecule has 132 valence electrons. The van der Waals surface area contributed by atoms with E-state index in [0.717, 1.165) is 12.1 Å². The molecule has 4 nitrogen and oxygen atoms in total. The number of alkyl halides is 3. The SMILES string of the molecule is COC(=O)CCCN(C)C(=O)/C=C/c1ccc(Cl)c(C(F)(F)F)c1. The van der Waals surface area contributed by atoms with Crippen LogP contribution in [0.2, 0.25) is 5.02 Å². The largest absolute Gasteiger partial charge is 0.469 e. The highest BCUT2D eigenvalue weighted by atomic mass is 35.5. The van der Waals surface area contributed by atoms with Gasteiger partial charge < -0.3 is 9.64 Å². The second kappa shape index (κ2) is 8.73. The normalized spacial score (nSPS) is 11.6. The number of ether oxygens (including phenoxy) is 1. The summed E-state index contributed by atoms with van der Waals surface area (Å²) < 4.78 is 42.8. The molecule has 0 saturated heterocycles. The van der Waals surface area contributed by atoms with Gasteiger partial charge in [0.15, 0.2) is 0 Å². The quantitative estimate of drug-likeness (QED) is 0.570. The van der Waals surface area contributed by atoms with Gasteiger partial charge in [-0.25, -0.2) is 0 Å². The van der Waals surface area contributed by atoms with Crippen LogP contribution in [0.3, 0.4) is 0 Å². The molecule has 0 aliphatic carbocycles. The summed E-state index contributed by atoms with van der Waals surface area (Å²) in [5, 5.41) is -0.397. The first-order valence-electron chi connectivity index (χ1n) is 7.02. The van der Waals surface area contributed by atoms with Crippen molar-refractivity contribution in [2.24, 2.45) is 0 Å². The number of esters is 1. The van der Waals surface area contributed by atoms with Crippen LogP contribution in [0.4, 0.5) is 13.2 Å². The number of likely N-dealkylation sites (N-methyl/N-ethyl adjacent to an activating group) is 1. The summed E-state index contributed by atoms with van der Waals surface area (Å²) in [4.78, 5) is 24.2. The van der Waals surface area contributed by atoms with Crippen molar-refractivity contribution in [3.8, 4) is 0 Å². The fourth-order valence-corrected chi connectivity index (χ4v) is 2.06. The Kier molecular flexibility index (Phi) is 7.28. The predicted molar refractivity (Wildman–Crippen MR) is 84.4 cm³/mol. The fraction of sp³-hybridized carbons (Fsp3) is 0.375. The van der Waals surface area contributed by atoms with Crippen LogP contribution in [-0.2, 0) is 20.5 Å².